The molecule has 0 amide bonds. The van der Waals surface area contributed by atoms with Crippen molar-refractivity contribution in [2.24, 2.45) is 0 Å². The molecule has 1 aromatic carbocycles. The number of halogens is 1. The number of rotatable bonds is 0. The summed E-state index contributed by atoms with van der Waals surface area (Å²) >= 11 is 3.37. The normalized spacial score (nSPS) is 10.5. The Labute approximate surface area is 66.8 Å². The standard InChI is InChI=1S/C8H5BrO/c9-7-5-10-8-4-2-1-3-6(7)8/h1-5H. The zero-order chi connectivity index (χ0) is 6.97. The highest BCUT2D eigenvalue weighted by Gasteiger charge is 1.98. The van der Waals surface area contributed by atoms with Gasteiger partial charge in [-0.15, -0.1) is 0 Å². The molecule has 0 aliphatic rings. The Balaban J connectivity index is 2.93. The van der Waals surface area contributed by atoms with E-state index in [1.807, 2.05) is 24.3 Å². The SMILES string of the molecule is Brc1coc2ccccc12. The monoisotopic (exact) mass is 196 g/mol. The average molecular weight is 197 g/mol. The first-order chi connectivity index (χ1) is 4.88. The highest BCUT2D eigenvalue weighted by molar-refractivity contribution is 9.10. The van der Waals surface area contributed by atoms with Crippen molar-refractivity contribution in [1.29, 1.82) is 0 Å². The summed E-state index contributed by atoms with van der Waals surface area (Å²) < 4.78 is 6.22. The van der Waals surface area contributed by atoms with Gasteiger partial charge in [-0.25, -0.2) is 0 Å². The van der Waals surface area contributed by atoms with E-state index >= 15 is 0 Å². The van der Waals surface area contributed by atoms with E-state index < -0.39 is 0 Å². The summed E-state index contributed by atoms with van der Waals surface area (Å²) in [6.45, 7) is 0. The molecule has 0 radical (unpaired) electrons. The number of hydrogen-bond acceptors (Lipinski definition) is 1. The molecule has 0 bridgehead atoms. The van der Waals surface area contributed by atoms with E-state index in [1.54, 1.807) is 6.26 Å². The fraction of sp³-hybridized carbons (Fsp3) is 0. The van der Waals surface area contributed by atoms with E-state index in [2.05, 4.69) is 15.9 Å². The molecule has 0 unspecified atom stereocenters. The third kappa shape index (κ3) is 0.762. The van der Waals surface area contributed by atoms with Gasteiger partial charge in [-0.1, -0.05) is 12.1 Å². The summed E-state index contributed by atoms with van der Waals surface area (Å²) in [5, 5.41) is 1.13. The highest BCUT2D eigenvalue weighted by Crippen LogP contribution is 2.24. The van der Waals surface area contributed by atoms with Crippen LogP contribution in [0.3, 0.4) is 0 Å². The second-order valence-electron chi connectivity index (χ2n) is 2.08. The van der Waals surface area contributed by atoms with Gasteiger partial charge in [0.05, 0.1) is 4.47 Å². The quantitative estimate of drug-likeness (QED) is 0.631. The van der Waals surface area contributed by atoms with Gasteiger partial charge in [0.25, 0.3) is 0 Å². The van der Waals surface area contributed by atoms with Gasteiger partial charge in [0.2, 0.25) is 0 Å². The molecule has 1 nitrogen and oxygen atoms in total. The van der Waals surface area contributed by atoms with Gasteiger partial charge < -0.3 is 4.42 Å². The highest BCUT2D eigenvalue weighted by atomic mass is 79.9. The van der Waals surface area contributed by atoms with E-state index in [0.717, 1.165) is 15.4 Å². The second-order valence-corrected chi connectivity index (χ2v) is 2.93. The van der Waals surface area contributed by atoms with Crippen LogP contribution in [0, 0.1) is 0 Å². The summed E-state index contributed by atoms with van der Waals surface area (Å²) in [5.41, 5.74) is 0.925. The van der Waals surface area contributed by atoms with E-state index in [4.69, 9.17) is 4.42 Å². The van der Waals surface area contributed by atoms with Crippen LogP contribution in [0.5, 0.6) is 0 Å². The van der Waals surface area contributed by atoms with Gasteiger partial charge >= 0.3 is 0 Å². The number of benzene rings is 1. The fourth-order valence-corrected chi connectivity index (χ4v) is 1.37. The number of fused-ring (bicyclic) bond motifs is 1. The minimum atomic E-state index is 0.925. The van der Waals surface area contributed by atoms with Crippen LogP contribution >= 0.6 is 15.9 Å². The van der Waals surface area contributed by atoms with Crippen LogP contribution in [0.25, 0.3) is 11.0 Å². The van der Waals surface area contributed by atoms with Crippen molar-refractivity contribution in [1.82, 2.24) is 0 Å². The van der Waals surface area contributed by atoms with Crippen LogP contribution in [0.4, 0.5) is 0 Å². The molecule has 0 spiro atoms. The molecular formula is C8H5BrO. The van der Waals surface area contributed by atoms with Gasteiger partial charge in [0, 0.05) is 5.39 Å². The molecule has 0 saturated carbocycles. The summed E-state index contributed by atoms with van der Waals surface area (Å²) in [6.07, 6.45) is 1.70. The lowest BCUT2D eigenvalue weighted by Crippen LogP contribution is -1.60. The first-order valence-electron chi connectivity index (χ1n) is 2.99. The van der Waals surface area contributed by atoms with Gasteiger partial charge in [0.15, 0.2) is 0 Å². The van der Waals surface area contributed by atoms with Crippen LogP contribution in [0.15, 0.2) is 39.4 Å². The van der Waals surface area contributed by atoms with Gasteiger partial charge in [-0.3, -0.25) is 0 Å². The van der Waals surface area contributed by atoms with Crippen LogP contribution in [-0.2, 0) is 0 Å². The van der Waals surface area contributed by atoms with E-state index in [1.165, 1.54) is 0 Å². The van der Waals surface area contributed by atoms with Crippen LogP contribution in [0.2, 0.25) is 0 Å². The Morgan fingerprint density at radius 3 is 2.80 bits per heavy atom. The Morgan fingerprint density at radius 1 is 1.20 bits per heavy atom. The van der Waals surface area contributed by atoms with Crippen LogP contribution in [0.1, 0.15) is 0 Å². The smallest absolute Gasteiger partial charge is 0.135 e. The first kappa shape index (κ1) is 5.98. The topological polar surface area (TPSA) is 13.1 Å². The molecule has 2 rings (SSSR count). The van der Waals surface area contributed by atoms with Gasteiger partial charge in [-0.2, -0.15) is 0 Å². The maximum absolute atomic E-state index is 5.20. The molecule has 1 heterocycles. The number of para-hydroxylation sites is 1. The minimum Gasteiger partial charge on any atom is -0.463 e. The molecule has 2 heteroatoms. The summed E-state index contributed by atoms with van der Waals surface area (Å²) in [6, 6.07) is 7.91. The van der Waals surface area contributed by atoms with Crippen molar-refractivity contribution in [3.63, 3.8) is 0 Å². The molecule has 10 heavy (non-hydrogen) atoms. The summed E-state index contributed by atoms with van der Waals surface area (Å²) in [5.74, 6) is 0. The molecular weight excluding hydrogens is 192 g/mol. The van der Waals surface area contributed by atoms with Gasteiger partial charge in [0.1, 0.15) is 11.8 Å². The molecule has 0 aliphatic heterocycles. The Kier molecular flexibility index (Phi) is 1.27. The molecule has 0 fully saturated rings. The van der Waals surface area contributed by atoms with Crippen molar-refractivity contribution in [3.8, 4) is 0 Å². The predicted molar refractivity (Wildman–Crippen MR) is 43.9 cm³/mol. The van der Waals surface area contributed by atoms with Crippen molar-refractivity contribution >= 4 is 26.9 Å². The molecule has 0 aliphatic carbocycles. The maximum atomic E-state index is 5.20. The third-order valence-corrected chi connectivity index (χ3v) is 2.05. The second kappa shape index (κ2) is 2.13. The predicted octanol–water partition coefficient (Wildman–Crippen LogP) is 3.20. The van der Waals surface area contributed by atoms with Crippen LogP contribution < -0.4 is 0 Å². The first-order valence-corrected chi connectivity index (χ1v) is 3.79. The zero-order valence-electron chi connectivity index (χ0n) is 5.17. The van der Waals surface area contributed by atoms with Crippen LogP contribution in [-0.4, -0.2) is 0 Å². The molecule has 50 valence electrons. The Hall–Kier alpha value is -0.760. The number of furan rings is 1. The molecule has 0 N–H and O–H groups in total. The van der Waals surface area contributed by atoms with E-state index in [-0.39, 0.29) is 0 Å². The average Bonchev–Trinajstić information content (AvgIpc) is 2.34. The van der Waals surface area contributed by atoms with Gasteiger partial charge in [-0.05, 0) is 28.1 Å². The summed E-state index contributed by atoms with van der Waals surface area (Å²) in [4.78, 5) is 0. The molecule has 0 atom stereocenters. The number of hydrogen-bond donors (Lipinski definition) is 0. The molecule has 2 aromatic rings. The molecule has 0 saturated heterocycles. The van der Waals surface area contributed by atoms with E-state index in [9.17, 15) is 0 Å². The Morgan fingerprint density at radius 2 is 2.00 bits per heavy atom. The lowest BCUT2D eigenvalue weighted by atomic mass is 10.3. The van der Waals surface area contributed by atoms with Crippen molar-refractivity contribution in [2.45, 2.75) is 0 Å². The lowest BCUT2D eigenvalue weighted by molar-refractivity contribution is 0.614. The van der Waals surface area contributed by atoms with E-state index in [0.29, 0.717) is 0 Å². The fourth-order valence-electron chi connectivity index (χ4n) is 0.945. The van der Waals surface area contributed by atoms with Crippen molar-refractivity contribution in [2.75, 3.05) is 0 Å². The minimum absolute atomic E-state index is 0.925. The van der Waals surface area contributed by atoms with Crippen molar-refractivity contribution in [3.05, 3.63) is 35.0 Å². The summed E-state index contributed by atoms with van der Waals surface area (Å²) in [7, 11) is 0. The zero-order valence-corrected chi connectivity index (χ0v) is 6.76. The third-order valence-electron chi connectivity index (χ3n) is 1.43. The largest absolute Gasteiger partial charge is 0.463 e. The Bertz CT molecular complexity index is 351. The lowest BCUT2D eigenvalue weighted by Gasteiger charge is -1.83. The van der Waals surface area contributed by atoms with Crippen molar-refractivity contribution < 1.29 is 4.42 Å². The molecule has 1 aromatic heterocycles. The maximum Gasteiger partial charge on any atom is 0.135 e.